The number of hydrogen-bond acceptors (Lipinski definition) is 7. The first-order valence-electron chi connectivity index (χ1n) is 8.68. The molecule has 28 heavy (non-hydrogen) atoms. The van der Waals surface area contributed by atoms with E-state index in [1.54, 1.807) is 0 Å². The summed E-state index contributed by atoms with van der Waals surface area (Å²) < 4.78 is 4.79. The van der Waals surface area contributed by atoms with Crippen molar-refractivity contribution in [1.29, 1.82) is 0 Å². The Morgan fingerprint density at radius 2 is 1.61 bits per heavy atom. The van der Waals surface area contributed by atoms with E-state index in [-0.39, 0.29) is 24.8 Å². The maximum atomic E-state index is 12.2. The quantitative estimate of drug-likeness (QED) is 0.616. The van der Waals surface area contributed by atoms with E-state index in [2.05, 4.69) is 15.2 Å². The van der Waals surface area contributed by atoms with Crippen LogP contribution in [0.2, 0.25) is 0 Å². The van der Waals surface area contributed by atoms with Crippen LogP contribution in [0, 0.1) is 0 Å². The van der Waals surface area contributed by atoms with Crippen LogP contribution in [0.25, 0.3) is 22.5 Å². The minimum atomic E-state index is -0.603. The number of thioether (sulfide) groups is 1. The molecule has 1 aromatic heterocycles. The maximum absolute atomic E-state index is 12.2. The van der Waals surface area contributed by atoms with Crippen LogP contribution in [0.5, 0.6) is 0 Å². The fourth-order valence-electron chi connectivity index (χ4n) is 2.78. The highest BCUT2D eigenvalue weighted by molar-refractivity contribution is 7.99. The number of rotatable bonds is 5. The average molecular weight is 392 g/mol. The average Bonchev–Trinajstić information content (AvgIpc) is 3.19. The largest absolute Gasteiger partial charge is 0.447 e. The smallest absolute Gasteiger partial charge is 0.416 e. The summed E-state index contributed by atoms with van der Waals surface area (Å²) in [5, 5.41) is 8.91. The number of ether oxygens (including phenoxy) is 1. The van der Waals surface area contributed by atoms with Gasteiger partial charge in [-0.2, -0.15) is 0 Å². The molecular formula is C20H16N4O3S. The minimum Gasteiger partial charge on any atom is -0.447 e. The first-order chi connectivity index (χ1) is 13.7. The second kappa shape index (κ2) is 8.18. The van der Waals surface area contributed by atoms with E-state index >= 15 is 0 Å². The van der Waals surface area contributed by atoms with Crippen molar-refractivity contribution < 1.29 is 14.3 Å². The lowest BCUT2D eigenvalue weighted by Crippen LogP contribution is -2.33. The van der Waals surface area contributed by atoms with Crippen molar-refractivity contribution in [2.45, 2.75) is 5.16 Å². The van der Waals surface area contributed by atoms with Crippen molar-refractivity contribution in [1.82, 2.24) is 20.1 Å². The molecule has 0 aliphatic carbocycles. The van der Waals surface area contributed by atoms with Gasteiger partial charge in [0, 0.05) is 11.1 Å². The van der Waals surface area contributed by atoms with Gasteiger partial charge in [-0.3, -0.25) is 4.79 Å². The molecule has 4 rings (SSSR count). The molecule has 0 saturated carbocycles. The lowest BCUT2D eigenvalue weighted by atomic mass is 10.0. The monoisotopic (exact) mass is 392 g/mol. The van der Waals surface area contributed by atoms with E-state index in [4.69, 9.17) is 4.74 Å². The number of cyclic esters (lactones) is 1. The number of carbonyl (C=O) groups excluding carboxylic acids is 2. The van der Waals surface area contributed by atoms with Crippen molar-refractivity contribution in [3.8, 4) is 22.5 Å². The normalized spacial score (nSPS) is 13.4. The summed E-state index contributed by atoms with van der Waals surface area (Å²) in [6.45, 7) is 0.511. The van der Waals surface area contributed by atoms with Crippen LogP contribution in [-0.2, 0) is 9.53 Å². The molecule has 1 aliphatic heterocycles. The molecular weight excluding hydrogens is 376 g/mol. The van der Waals surface area contributed by atoms with Gasteiger partial charge in [0.05, 0.1) is 12.3 Å². The lowest BCUT2D eigenvalue weighted by Gasteiger charge is -2.11. The SMILES string of the molecule is O=C(CSc1nnc(-c2ccccc2)c(-c2ccccc2)n1)N1CCOC1=O. The topological polar surface area (TPSA) is 85.3 Å². The van der Waals surface area contributed by atoms with Gasteiger partial charge in [-0.05, 0) is 0 Å². The molecule has 8 heteroatoms. The van der Waals surface area contributed by atoms with Crippen molar-refractivity contribution >= 4 is 23.8 Å². The highest BCUT2D eigenvalue weighted by Gasteiger charge is 2.28. The zero-order valence-electron chi connectivity index (χ0n) is 14.8. The van der Waals surface area contributed by atoms with Crippen molar-refractivity contribution in [2.24, 2.45) is 0 Å². The molecule has 0 N–H and O–H groups in total. The summed E-state index contributed by atoms with van der Waals surface area (Å²) in [4.78, 5) is 29.4. The standard InChI is InChI=1S/C20H16N4O3S/c25-16(24-11-12-27-20(24)26)13-28-19-21-17(14-7-3-1-4-8-14)18(22-23-19)15-9-5-2-6-10-15/h1-10H,11-13H2. The Labute approximate surface area is 165 Å². The molecule has 3 aromatic rings. The Balaban J connectivity index is 1.61. The van der Waals surface area contributed by atoms with Gasteiger partial charge in [0.1, 0.15) is 18.0 Å². The Morgan fingerprint density at radius 1 is 0.964 bits per heavy atom. The van der Waals surface area contributed by atoms with E-state index < -0.39 is 6.09 Å². The molecule has 1 aliphatic rings. The zero-order valence-corrected chi connectivity index (χ0v) is 15.6. The number of nitrogens with zero attached hydrogens (tertiary/aromatic N) is 4. The number of hydrogen-bond donors (Lipinski definition) is 0. The first-order valence-corrected chi connectivity index (χ1v) is 9.66. The number of carbonyl (C=O) groups is 2. The molecule has 0 bridgehead atoms. The van der Waals surface area contributed by atoms with Crippen LogP contribution in [-0.4, -0.2) is 51.0 Å². The molecule has 2 amide bonds. The summed E-state index contributed by atoms with van der Waals surface area (Å²) in [6.07, 6.45) is -0.603. The highest BCUT2D eigenvalue weighted by Crippen LogP contribution is 2.29. The van der Waals surface area contributed by atoms with Gasteiger partial charge in [-0.15, -0.1) is 10.2 Å². The highest BCUT2D eigenvalue weighted by atomic mass is 32.2. The third-order valence-electron chi connectivity index (χ3n) is 4.15. The number of amides is 2. The van der Waals surface area contributed by atoms with Crippen LogP contribution in [0.3, 0.4) is 0 Å². The molecule has 2 aromatic carbocycles. The van der Waals surface area contributed by atoms with Crippen LogP contribution in [0.4, 0.5) is 4.79 Å². The van der Waals surface area contributed by atoms with Gasteiger partial charge < -0.3 is 4.74 Å². The Morgan fingerprint density at radius 3 is 2.21 bits per heavy atom. The van der Waals surface area contributed by atoms with E-state index in [0.717, 1.165) is 27.8 Å². The van der Waals surface area contributed by atoms with Gasteiger partial charge in [0.25, 0.3) is 0 Å². The number of aromatic nitrogens is 3. The van der Waals surface area contributed by atoms with E-state index in [1.165, 1.54) is 0 Å². The third kappa shape index (κ3) is 3.86. The molecule has 0 spiro atoms. The Bertz CT molecular complexity index is 999. The van der Waals surface area contributed by atoms with E-state index in [0.29, 0.717) is 16.5 Å². The number of benzene rings is 2. The Hall–Kier alpha value is -3.26. The van der Waals surface area contributed by atoms with Crippen LogP contribution < -0.4 is 0 Å². The van der Waals surface area contributed by atoms with Gasteiger partial charge in [-0.1, -0.05) is 72.4 Å². The van der Waals surface area contributed by atoms with Crippen LogP contribution in [0.1, 0.15) is 0 Å². The summed E-state index contributed by atoms with van der Waals surface area (Å²) in [7, 11) is 0. The predicted molar refractivity (Wildman–Crippen MR) is 104 cm³/mol. The van der Waals surface area contributed by atoms with E-state index in [1.807, 2.05) is 60.7 Å². The summed E-state index contributed by atoms with van der Waals surface area (Å²) in [5.41, 5.74) is 3.18. The minimum absolute atomic E-state index is 0.0374. The zero-order chi connectivity index (χ0) is 19.3. The van der Waals surface area contributed by atoms with Crippen molar-refractivity contribution in [3.05, 3.63) is 60.7 Å². The molecule has 1 saturated heterocycles. The molecule has 140 valence electrons. The molecule has 0 radical (unpaired) electrons. The van der Waals surface area contributed by atoms with Gasteiger partial charge >= 0.3 is 6.09 Å². The van der Waals surface area contributed by atoms with Gasteiger partial charge in [0.15, 0.2) is 0 Å². The summed E-state index contributed by atoms with van der Waals surface area (Å²) in [6, 6.07) is 19.4. The van der Waals surface area contributed by atoms with Gasteiger partial charge in [-0.25, -0.2) is 14.7 Å². The molecule has 0 unspecified atom stereocenters. The fraction of sp³-hybridized carbons (Fsp3) is 0.150. The summed E-state index contributed by atoms with van der Waals surface area (Å²) in [5.74, 6) is -0.292. The van der Waals surface area contributed by atoms with Gasteiger partial charge in [0.2, 0.25) is 11.1 Å². The third-order valence-corrected chi connectivity index (χ3v) is 4.97. The van der Waals surface area contributed by atoms with Crippen molar-refractivity contribution in [3.63, 3.8) is 0 Å². The second-order valence-corrected chi connectivity index (χ2v) is 6.91. The summed E-state index contributed by atoms with van der Waals surface area (Å²) >= 11 is 1.15. The fourth-order valence-corrected chi connectivity index (χ4v) is 3.45. The lowest BCUT2D eigenvalue weighted by molar-refractivity contribution is -0.125. The Kier molecular flexibility index (Phi) is 5.29. The maximum Gasteiger partial charge on any atom is 0.416 e. The predicted octanol–water partition coefficient (Wildman–Crippen LogP) is 3.28. The van der Waals surface area contributed by atoms with Crippen molar-refractivity contribution in [2.75, 3.05) is 18.9 Å². The first kappa shape index (κ1) is 18.1. The number of imide groups is 1. The van der Waals surface area contributed by atoms with Crippen LogP contribution >= 0.6 is 11.8 Å². The van der Waals surface area contributed by atoms with Crippen LogP contribution in [0.15, 0.2) is 65.8 Å². The second-order valence-electron chi connectivity index (χ2n) is 5.97. The molecule has 7 nitrogen and oxygen atoms in total. The molecule has 2 heterocycles. The van der Waals surface area contributed by atoms with E-state index in [9.17, 15) is 9.59 Å². The molecule has 0 atom stereocenters. The molecule has 1 fully saturated rings.